The first kappa shape index (κ1) is 23.4. The quantitative estimate of drug-likeness (QED) is 0.494. The topological polar surface area (TPSA) is 93.0 Å². The van der Waals surface area contributed by atoms with Gasteiger partial charge in [-0.2, -0.15) is 4.80 Å². The van der Waals surface area contributed by atoms with Crippen molar-refractivity contribution in [3.05, 3.63) is 51.7 Å². The van der Waals surface area contributed by atoms with Crippen LogP contribution in [0.15, 0.2) is 41.8 Å². The predicted octanol–water partition coefficient (Wildman–Crippen LogP) is 3.92. The minimum Gasteiger partial charge on any atom is -0.352 e. The number of benzene rings is 1. The molecule has 10 heteroatoms. The Kier molecular flexibility index (Phi) is 7.72. The van der Waals surface area contributed by atoms with Gasteiger partial charge in [0.25, 0.3) is 0 Å². The van der Waals surface area contributed by atoms with E-state index in [4.69, 9.17) is 11.6 Å². The molecule has 1 aliphatic carbocycles. The highest BCUT2D eigenvalue weighted by Crippen LogP contribution is 2.21. The van der Waals surface area contributed by atoms with Crippen LogP contribution in [0.3, 0.4) is 0 Å². The Morgan fingerprint density at radius 2 is 2.00 bits per heavy atom. The van der Waals surface area contributed by atoms with Crippen LogP contribution in [0.2, 0.25) is 5.02 Å². The van der Waals surface area contributed by atoms with Gasteiger partial charge in [0.2, 0.25) is 17.6 Å². The maximum absolute atomic E-state index is 13.4. The van der Waals surface area contributed by atoms with E-state index in [2.05, 4.69) is 20.7 Å². The average molecular weight is 487 g/mol. The fraction of sp³-hybridized carbons (Fsp3) is 0.435. The van der Waals surface area contributed by atoms with Gasteiger partial charge in [-0.15, -0.1) is 21.5 Å². The molecule has 3 aromatic rings. The molecular formula is C23H27ClN6O2S. The van der Waals surface area contributed by atoms with E-state index in [9.17, 15) is 9.59 Å². The van der Waals surface area contributed by atoms with Crippen LogP contribution in [-0.4, -0.2) is 49.0 Å². The minimum atomic E-state index is -0.556. The summed E-state index contributed by atoms with van der Waals surface area (Å²) in [7, 11) is 0. The van der Waals surface area contributed by atoms with Crippen LogP contribution in [0.1, 0.15) is 43.9 Å². The Bertz CT molecular complexity index is 1060. The van der Waals surface area contributed by atoms with Crippen LogP contribution in [0.5, 0.6) is 0 Å². The first-order valence-corrected chi connectivity index (χ1v) is 12.4. The van der Waals surface area contributed by atoms with Crippen molar-refractivity contribution in [2.24, 2.45) is 0 Å². The number of aromatic nitrogens is 4. The van der Waals surface area contributed by atoms with Crippen LogP contribution in [0, 0.1) is 0 Å². The third-order valence-corrected chi connectivity index (χ3v) is 6.94. The monoisotopic (exact) mass is 486 g/mol. The summed E-state index contributed by atoms with van der Waals surface area (Å²) in [6.07, 6.45) is 4.78. The number of nitrogens with one attached hydrogen (secondary N) is 1. The van der Waals surface area contributed by atoms with E-state index in [1.165, 1.54) is 4.80 Å². The summed E-state index contributed by atoms with van der Waals surface area (Å²) in [6, 6.07) is 10.7. The summed E-state index contributed by atoms with van der Waals surface area (Å²) in [5.74, 6) is 0.0925. The zero-order chi connectivity index (χ0) is 23.2. The number of hydrogen-bond acceptors (Lipinski definition) is 6. The normalized spacial score (nSPS) is 14.8. The van der Waals surface area contributed by atoms with Crippen LogP contribution in [0.4, 0.5) is 0 Å². The molecule has 1 N–H and O–H groups in total. The van der Waals surface area contributed by atoms with Crippen molar-refractivity contribution >= 4 is 34.8 Å². The summed E-state index contributed by atoms with van der Waals surface area (Å²) in [6.45, 7) is 2.20. The first-order chi connectivity index (χ1) is 16.0. The van der Waals surface area contributed by atoms with E-state index in [1.54, 1.807) is 40.5 Å². The van der Waals surface area contributed by atoms with E-state index >= 15 is 0 Å². The molecule has 1 fully saturated rings. The molecule has 2 amide bonds. The number of thiophene rings is 1. The second kappa shape index (κ2) is 10.9. The van der Waals surface area contributed by atoms with Crippen molar-refractivity contribution in [2.75, 3.05) is 0 Å². The van der Waals surface area contributed by atoms with Gasteiger partial charge in [0.05, 0.1) is 6.54 Å². The lowest BCUT2D eigenvalue weighted by molar-refractivity contribution is -0.142. The fourth-order valence-corrected chi connectivity index (χ4v) is 4.92. The number of rotatable bonds is 9. The fourth-order valence-electron chi connectivity index (χ4n) is 4.09. The second-order valence-corrected chi connectivity index (χ2v) is 9.63. The maximum atomic E-state index is 13.4. The Morgan fingerprint density at radius 3 is 2.67 bits per heavy atom. The number of carbonyl (C=O) groups is 2. The Balaban J connectivity index is 1.50. The molecule has 0 saturated heterocycles. The Morgan fingerprint density at radius 1 is 1.24 bits per heavy atom. The van der Waals surface area contributed by atoms with E-state index in [0.29, 0.717) is 23.8 Å². The predicted molar refractivity (Wildman–Crippen MR) is 128 cm³/mol. The van der Waals surface area contributed by atoms with Crippen molar-refractivity contribution in [1.82, 2.24) is 30.4 Å². The van der Waals surface area contributed by atoms with Crippen LogP contribution < -0.4 is 5.32 Å². The lowest BCUT2D eigenvalue weighted by atomic mass is 10.1. The van der Waals surface area contributed by atoms with Gasteiger partial charge in [0, 0.05) is 21.5 Å². The largest absolute Gasteiger partial charge is 0.352 e. The molecule has 2 aromatic heterocycles. The Hall–Kier alpha value is -2.78. The van der Waals surface area contributed by atoms with Crippen molar-refractivity contribution in [3.63, 3.8) is 0 Å². The van der Waals surface area contributed by atoms with E-state index in [-0.39, 0.29) is 24.4 Å². The SMILES string of the molecule is CCC(C(=O)NC1CCCC1)N(Cc1cccs1)C(=O)Cn1nnc(-c2ccc(Cl)cc2)n1. The average Bonchev–Trinajstić information content (AvgIpc) is 3.57. The molecule has 1 atom stereocenters. The van der Waals surface area contributed by atoms with Crippen molar-refractivity contribution < 1.29 is 9.59 Å². The molecule has 33 heavy (non-hydrogen) atoms. The molecule has 8 nitrogen and oxygen atoms in total. The number of carbonyl (C=O) groups excluding carboxylic acids is 2. The lowest BCUT2D eigenvalue weighted by Gasteiger charge is -2.30. The van der Waals surface area contributed by atoms with Crippen LogP contribution in [0.25, 0.3) is 11.4 Å². The molecule has 174 valence electrons. The molecule has 0 spiro atoms. The highest BCUT2D eigenvalue weighted by Gasteiger charge is 2.31. The standard InChI is InChI=1S/C23H27ClN6O2S/c1-2-20(23(32)25-18-6-3-4-7-18)29(14-19-8-5-13-33-19)21(31)15-30-27-22(26-28-30)16-9-11-17(24)12-10-16/h5,8-13,18,20H,2-4,6-7,14-15H2,1H3,(H,25,32). The smallest absolute Gasteiger partial charge is 0.247 e. The molecule has 4 rings (SSSR count). The van der Waals surface area contributed by atoms with E-state index in [1.807, 2.05) is 24.4 Å². The third kappa shape index (κ3) is 5.97. The molecule has 1 aliphatic rings. The van der Waals surface area contributed by atoms with Gasteiger partial charge in [0.1, 0.15) is 12.6 Å². The lowest BCUT2D eigenvalue weighted by Crippen LogP contribution is -2.51. The molecule has 2 heterocycles. The van der Waals surface area contributed by atoms with Gasteiger partial charge in [-0.25, -0.2) is 0 Å². The summed E-state index contributed by atoms with van der Waals surface area (Å²) in [4.78, 5) is 30.4. The molecule has 0 radical (unpaired) electrons. The van der Waals surface area contributed by atoms with Gasteiger partial charge in [-0.3, -0.25) is 9.59 Å². The number of hydrogen-bond donors (Lipinski definition) is 1. The molecule has 0 aliphatic heterocycles. The molecule has 0 bridgehead atoms. The van der Waals surface area contributed by atoms with Gasteiger partial charge in [-0.1, -0.05) is 37.4 Å². The van der Waals surface area contributed by atoms with Crippen molar-refractivity contribution in [3.8, 4) is 11.4 Å². The highest BCUT2D eigenvalue weighted by molar-refractivity contribution is 7.09. The van der Waals surface area contributed by atoms with Gasteiger partial charge in [-0.05, 0) is 60.2 Å². The number of tetrazole rings is 1. The van der Waals surface area contributed by atoms with Gasteiger partial charge in [0.15, 0.2) is 0 Å². The van der Waals surface area contributed by atoms with Crippen LogP contribution in [-0.2, 0) is 22.7 Å². The summed E-state index contributed by atoms with van der Waals surface area (Å²) in [5, 5.41) is 18.2. The second-order valence-electron chi connectivity index (χ2n) is 8.17. The summed E-state index contributed by atoms with van der Waals surface area (Å²) >= 11 is 7.51. The van der Waals surface area contributed by atoms with Crippen LogP contribution >= 0.6 is 22.9 Å². The van der Waals surface area contributed by atoms with Gasteiger partial charge >= 0.3 is 0 Å². The Labute approximate surface area is 201 Å². The first-order valence-electron chi connectivity index (χ1n) is 11.2. The summed E-state index contributed by atoms with van der Waals surface area (Å²) in [5.41, 5.74) is 0.760. The molecular weight excluding hydrogens is 460 g/mol. The third-order valence-electron chi connectivity index (χ3n) is 5.83. The molecule has 1 unspecified atom stereocenters. The van der Waals surface area contributed by atoms with E-state index < -0.39 is 6.04 Å². The highest BCUT2D eigenvalue weighted by atomic mass is 35.5. The molecule has 1 aromatic carbocycles. The van der Waals surface area contributed by atoms with Crippen molar-refractivity contribution in [2.45, 2.75) is 64.2 Å². The van der Waals surface area contributed by atoms with Gasteiger partial charge < -0.3 is 10.2 Å². The maximum Gasteiger partial charge on any atom is 0.247 e. The number of nitrogens with zero attached hydrogens (tertiary/aromatic N) is 5. The molecule has 1 saturated carbocycles. The minimum absolute atomic E-state index is 0.0947. The number of halogens is 1. The zero-order valence-corrected chi connectivity index (χ0v) is 20.1. The summed E-state index contributed by atoms with van der Waals surface area (Å²) < 4.78 is 0. The zero-order valence-electron chi connectivity index (χ0n) is 18.5. The van der Waals surface area contributed by atoms with E-state index in [0.717, 1.165) is 36.1 Å². The number of amides is 2. The van der Waals surface area contributed by atoms with Crippen molar-refractivity contribution in [1.29, 1.82) is 0 Å².